The highest BCUT2D eigenvalue weighted by molar-refractivity contribution is 5.88. The molecular weight excluding hydrogens is 536 g/mol. The molecule has 6 aromatic rings. The number of hydrogen-bond acceptors (Lipinski definition) is 6. The third-order valence-corrected chi connectivity index (χ3v) is 7.77. The van der Waals surface area contributed by atoms with Crippen LogP contribution in [0, 0.1) is 0 Å². The van der Waals surface area contributed by atoms with E-state index in [0.29, 0.717) is 13.2 Å². The summed E-state index contributed by atoms with van der Waals surface area (Å²) in [5.74, 6) is 1.72. The fourth-order valence-corrected chi connectivity index (χ4v) is 5.47. The van der Waals surface area contributed by atoms with E-state index in [2.05, 4.69) is 80.1 Å². The first-order valence-corrected chi connectivity index (χ1v) is 14.8. The van der Waals surface area contributed by atoms with Crippen LogP contribution in [0.5, 0.6) is 11.5 Å². The number of hydrogen-bond donors (Lipinski definition) is 3. The molecule has 6 rings (SSSR count). The summed E-state index contributed by atoms with van der Waals surface area (Å²) >= 11 is 0. The van der Waals surface area contributed by atoms with E-state index in [0.717, 1.165) is 82.7 Å². The summed E-state index contributed by atoms with van der Waals surface area (Å²) in [4.78, 5) is 2.33. The number of nitrogens with one attached hydrogen (secondary N) is 3. The van der Waals surface area contributed by atoms with Crippen LogP contribution in [0.2, 0.25) is 0 Å². The quantitative estimate of drug-likeness (QED) is 0.147. The predicted octanol–water partition coefficient (Wildman–Crippen LogP) is 6.03. The average molecular weight is 575 g/mol. The van der Waals surface area contributed by atoms with Crippen molar-refractivity contribution in [1.82, 2.24) is 30.6 Å². The van der Waals surface area contributed by atoms with Gasteiger partial charge >= 0.3 is 0 Å². The van der Waals surface area contributed by atoms with Crippen LogP contribution in [0.3, 0.4) is 0 Å². The molecule has 0 atom stereocenters. The Morgan fingerprint density at radius 2 is 1.28 bits per heavy atom. The Kier molecular flexibility index (Phi) is 8.96. The number of fused-ring (bicyclic) bond motifs is 2. The Balaban J connectivity index is 1.11. The molecule has 0 radical (unpaired) electrons. The number of H-pyrrole nitrogens is 2. The average Bonchev–Trinajstić information content (AvgIpc) is 3.66. The maximum atomic E-state index is 6.41. The maximum Gasteiger partial charge on any atom is 0.131 e. The number of rotatable bonds is 14. The number of aromatic amines is 2. The van der Waals surface area contributed by atoms with Gasteiger partial charge in [0.15, 0.2) is 0 Å². The lowest BCUT2D eigenvalue weighted by atomic mass is 10.1. The minimum absolute atomic E-state index is 0.492. The smallest absolute Gasteiger partial charge is 0.131 e. The Hall–Kier alpha value is -4.66. The van der Waals surface area contributed by atoms with E-state index in [9.17, 15) is 0 Å². The van der Waals surface area contributed by atoms with Gasteiger partial charge in [0.05, 0.1) is 33.2 Å². The van der Waals surface area contributed by atoms with Crippen molar-refractivity contribution in [2.75, 3.05) is 27.2 Å². The summed E-state index contributed by atoms with van der Waals surface area (Å²) in [6.45, 7) is 3.54. The summed E-state index contributed by atoms with van der Waals surface area (Å²) in [5.41, 5.74) is 7.59. The monoisotopic (exact) mass is 574 g/mol. The van der Waals surface area contributed by atoms with Crippen LogP contribution in [0.4, 0.5) is 0 Å². The van der Waals surface area contributed by atoms with E-state index in [4.69, 9.17) is 9.47 Å². The summed E-state index contributed by atoms with van der Waals surface area (Å²) in [7, 11) is 4.11. The van der Waals surface area contributed by atoms with Crippen molar-refractivity contribution >= 4 is 21.8 Å². The van der Waals surface area contributed by atoms with Crippen LogP contribution in [-0.4, -0.2) is 52.5 Å². The molecule has 0 spiro atoms. The molecule has 220 valence electrons. The van der Waals surface area contributed by atoms with Crippen molar-refractivity contribution < 1.29 is 9.47 Å². The van der Waals surface area contributed by atoms with Gasteiger partial charge in [0, 0.05) is 32.5 Å². The van der Waals surface area contributed by atoms with Gasteiger partial charge in [-0.15, -0.1) is 0 Å². The largest absolute Gasteiger partial charge is 0.488 e. The molecule has 8 nitrogen and oxygen atoms in total. The zero-order valence-corrected chi connectivity index (χ0v) is 24.8. The van der Waals surface area contributed by atoms with Crippen molar-refractivity contribution in [3.05, 3.63) is 119 Å². The van der Waals surface area contributed by atoms with Crippen LogP contribution >= 0.6 is 0 Å². The number of aromatic nitrogens is 4. The van der Waals surface area contributed by atoms with E-state index in [1.54, 1.807) is 0 Å². The van der Waals surface area contributed by atoms with Gasteiger partial charge in [-0.3, -0.25) is 10.2 Å². The molecule has 0 aliphatic carbocycles. The van der Waals surface area contributed by atoms with Gasteiger partial charge in [0.1, 0.15) is 24.7 Å². The van der Waals surface area contributed by atoms with Crippen molar-refractivity contribution in [3.63, 3.8) is 0 Å². The highest BCUT2D eigenvalue weighted by Crippen LogP contribution is 2.30. The molecule has 3 N–H and O–H groups in total. The second-order valence-electron chi connectivity index (χ2n) is 10.9. The van der Waals surface area contributed by atoms with Crippen molar-refractivity contribution in [1.29, 1.82) is 0 Å². The summed E-state index contributed by atoms with van der Waals surface area (Å²) < 4.78 is 12.7. The van der Waals surface area contributed by atoms with E-state index in [1.165, 1.54) is 11.1 Å². The second kappa shape index (κ2) is 13.5. The second-order valence-corrected chi connectivity index (χ2v) is 10.9. The van der Waals surface area contributed by atoms with Crippen LogP contribution in [0.1, 0.15) is 28.1 Å². The van der Waals surface area contributed by atoms with Gasteiger partial charge in [-0.25, -0.2) is 0 Å². The maximum absolute atomic E-state index is 6.41. The number of likely N-dealkylation sites (N-methyl/N-ethyl adjacent to an activating group) is 2. The summed E-state index contributed by atoms with van der Waals surface area (Å²) in [5, 5.41) is 20.8. The first-order chi connectivity index (χ1) is 21.2. The minimum Gasteiger partial charge on any atom is -0.488 e. The molecule has 0 saturated carbocycles. The topological polar surface area (TPSA) is 91.1 Å². The highest BCUT2D eigenvalue weighted by atomic mass is 16.5. The van der Waals surface area contributed by atoms with Crippen molar-refractivity contribution in [3.8, 4) is 11.5 Å². The van der Waals surface area contributed by atoms with E-state index in [-0.39, 0.29) is 0 Å². The van der Waals surface area contributed by atoms with Crippen LogP contribution in [0.15, 0.2) is 91.0 Å². The van der Waals surface area contributed by atoms with Crippen LogP contribution in [0.25, 0.3) is 21.8 Å². The molecule has 2 heterocycles. The molecule has 0 saturated heterocycles. The SMILES string of the molecule is CNCCc1n[nH]c2cccc(OCc3ccccc3CN(C)CCc3n[nH]c4cccc(OCc5ccccc5)c34)c12. The molecule has 0 aliphatic heterocycles. The molecule has 4 aromatic carbocycles. The summed E-state index contributed by atoms with van der Waals surface area (Å²) in [6, 6.07) is 30.9. The van der Waals surface area contributed by atoms with Gasteiger partial charge < -0.3 is 19.7 Å². The Labute approximate surface area is 252 Å². The van der Waals surface area contributed by atoms with Crippen LogP contribution in [-0.2, 0) is 32.6 Å². The van der Waals surface area contributed by atoms with Gasteiger partial charge in [0.2, 0.25) is 0 Å². The van der Waals surface area contributed by atoms with E-state index in [1.807, 2.05) is 55.6 Å². The highest BCUT2D eigenvalue weighted by Gasteiger charge is 2.15. The molecular formula is C35H38N6O2. The molecule has 0 bridgehead atoms. The minimum atomic E-state index is 0.492. The molecule has 0 aliphatic rings. The molecule has 2 aromatic heterocycles. The lowest BCUT2D eigenvalue weighted by Crippen LogP contribution is -2.22. The van der Waals surface area contributed by atoms with Gasteiger partial charge in [0.25, 0.3) is 0 Å². The van der Waals surface area contributed by atoms with Crippen molar-refractivity contribution in [2.45, 2.75) is 32.6 Å². The summed E-state index contributed by atoms with van der Waals surface area (Å²) in [6.07, 6.45) is 1.64. The standard InChI is InChI=1S/C35H38N6O2/c1-36-20-18-30-34-28(37-39-30)14-9-17-33(34)43-24-27-13-7-6-12-26(27)22-41(2)21-19-31-35-29(38-40-31)15-8-16-32(35)42-23-25-10-4-3-5-11-25/h3-17,36H,18-24H2,1-2H3,(H,37,39)(H,38,40). The Bertz CT molecular complexity index is 1780. The molecule has 43 heavy (non-hydrogen) atoms. The number of ether oxygens (including phenoxy) is 2. The van der Waals surface area contributed by atoms with Crippen molar-refractivity contribution in [2.24, 2.45) is 0 Å². The molecule has 0 unspecified atom stereocenters. The molecule has 0 fully saturated rings. The fourth-order valence-electron chi connectivity index (χ4n) is 5.47. The van der Waals surface area contributed by atoms with Gasteiger partial charge in [-0.2, -0.15) is 10.2 Å². The first kappa shape index (κ1) is 28.5. The van der Waals surface area contributed by atoms with Gasteiger partial charge in [-0.1, -0.05) is 66.7 Å². The lowest BCUT2D eigenvalue weighted by Gasteiger charge is -2.19. The van der Waals surface area contributed by atoms with E-state index >= 15 is 0 Å². The van der Waals surface area contributed by atoms with Gasteiger partial charge in [-0.05, 0) is 55.1 Å². The van der Waals surface area contributed by atoms with Crippen LogP contribution < -0.4 is 14.8 Å². The molecule has 0 amide bonds. The number of benzene rings is 4. The first-order valence-electron chi connectivity index (χ1n) is 14.8. The number of nitrogens with zero attached hydrogens (tertiary/aromatic N) is 3. The Morgan fingerprint density at radius 3 is 1.95 bits per heavy atom. The fraction of sp³-hybridized carbons (Fsp3) is 0.257. The lowest BCUT2D eigenvalue weighted by molar-refractivity contribution is 0.298. The third-order valence-electron chi connectivity index (χ3n) is 7.77. The zero-order chi connectivity index (χ0) is 29.4. The normalized spacial score (nSPS) is 11.5. The zero-order valence-electron chi connectivity index (χ0n) is 24.8. The van der Waals surface area contributed by atoms with E-state index < -0.39 is 0 Å². The third kappa shape index (κ3) is 6.71. The molecule has 8 heteroatoms. The predicted molar refractivity (Wildman–Crippen MR) is 171 cm³/mol. The Morgan fingerprint density at radius 1 is 0.674 bits per heavy atom.